The van der Waals surface area contributed by atoms with Gasteiger partial charge in [0.15, 0.2) is 0 Å². The van der Waals surface area contributed by atoms with Gasteiger partial charge in [-0.05, 0) is 51.9 Å². The number of carbonyl (C=O) groups excluding carboxylic acids is 1. The Kier molecular flexibility index (Phi) is 3.78. The first-order chi connectivity index (χ1) is 9.65. The van der Waals surface area contributed by atoms with E-state index < -0.39 is 0 Å². The zero-order valence-electron chi connectivity index (χ0n) is 12.4. The number of carbonyl (C=O) groups is 1. The minimum absolute atomic E-state index is 0.243. The standard InChI is InChI=1S/C15H24N4O/c1-11-9-16-17-14(11)13-5-8-19(10-13)15(20)12-3-6-18(2)7-4-12/h9,12-13H,3-8,10H2,1-2H3,(H,16,17)/t13-/m0/s1. The van der Waals surface area contributed by atoms with Crippen molar-refractivity contribution in [2.45, 2.75) is 32.1 Å². The molecule has 2 fully saturated rings. The van der Waals surface area contributed by atoms with Gasteiger partial charge in [0.25, 0.3) is 0 Å². The van der Waals surface area contributed by atoms with Gasteiger partial charge in [0.2, 0.25) is 5.91 Å². The molecule has 3 heterocycles. The van der Waals surface area contributed by atoms with Gasteiger partial charge < -0.3 is 9.80 Å². The van der Waals surface area contributed by atoms with Crippen molar-refractivity contribution < 1.29 is 4.79 Å². The molecule has 1 N–H and O–H groups in total. The van der Waals surface area contributed by atoms with Gasteiger partial charge in [-0.25, -0.2) is 0 Å². The molecule has 1 aromatic heterocycles. The number of likely N-dealkylation sites (tertiary alicyclic amines) is 2. The summed E-state index contributed by atoms with van der Waals surface area (Å²) in [6.45, 7) is 5.93. The van der Waals surface area contributed by atoms with Crippen molar-refractivity contribution in [1.29, 1.82) is 0 Å². The van der Waals surface area contributed by atoms with Crippen LogP contribution in [0.25, 0.3) is 0 Å². The van der Waals surface area contributed by atoms with E-state index in [-0.39, 0.29) is 5.92 Å². The zero-order chi connectivity index (χ0) is 14.1. The van der Waals surface area contributed by atoms with Gasteiger partial charge in [0, 0.05) is 30.6 Å². The highest BCUT2D eigenvalue weighted by molar-refractivity contribution is 5.79. The third kappa shape index (κ3) is 2.59. The molecule has 2 saturated heterocycles. The number of amides is 1. The Morgan fingerprint density at radius 1 is 1.30 bits per heavy atom. The summed E-state index contributed by atoms with van der Waals surface area (Å²) in [4.78, 5) is 17.0. The van der Waals surface area contributed by atoms with E-state index in [1.807, 2.05) is 6.20 Å². The Bertz CT molecular complexity index is 476. The molecule has 1 aromatic rings. The molecule has 1 atom stereocenters. The fraction of sp³-hybridized carbons (Fsp3) is 0.733. The van der Waals surface area contributed by atoms with Crippen molar-refractivity contribution in [3.63, 3.8) is 0 Å². The van der Waals surface area contributed by atoms with E-state index in [1.54, 1.807) is 0 Å². The lowest BCUT2D eigenvalue weighted by Crippen LogP contribution is -2.40. The van der Waals surface area contributed by atoms with Crippen LogP contribution in [-0.2, 0) is 4.79 Å². The molecule has 2 aliphatic rings. The van der Waals surface area contributed by atoms with E-state index in [0.717, 1.165) is 45.4 Å². The lowest BCUT2D eigenvalue weighted by atomic mass is 9.95. The molecule has 0 aromatic carbocycles. The molecule has 3 rings (SSSR count). The van der Waals surface area contributed by atoms with Crippen LogP contribution >= 0.6 is 0 Å². The lowest BCUT2D eigenvalue weighted by Gasteiger charge is -2.30. The Balaban J connectivity index is 1.60. The van der Waals surface area contributed by atoms with Crippen LogP contribution in [0.15, 0.2) is 6.20 Å². The number of nitrogens with one attached hydrogen (secondary N) is 1. The van der Waals surface area contributed by atoms with E-state index in [1.165, 1.54) is 11.3 Å². The first kappa shape index (κ1) is 13.6. The summed E-state index contributed by atoms with van der Waals surface area (Å²) in [6.07, 6.45) is 4.96. The second-order valence-corrected chi connectivity index (χ2v) is 6.31. The maximum atomic E-state index is 12.6. The molecule has 110 valence electrons. The SMILES string of the molecule is Cc1cn[nH]c1[C@H]1CCN(C(=O)C2CCN(C)CC2)C1. The third-order valence-electron chi connectivity index (χ3n) is 4.84. The van der Waals surface area contributed by atoms with Crippen LogP contribution in [0.3, 0.4) is 0 Å². The van der Waals surface area contributed by atoms with Gasteiger partial charge >= 0.3 is 0 Å². The van der Waals surface area contributed by atoms with Crippen LogP contribution in [-0.4, -0.2) is 59.1 Å². The summed E-state index contributed by atoms with van der Waals surface area (Å²) >= 11 is 0. The molecular formula is C15H24N4O. The maximum absolute atomic E-state index is 12.6. The number of H-pyrrole nitrogens is 1. The Morgan fingerprint density at radius 3 is 2.70 bits per heavy atom. The smallest absolute Gasteiger partial charge is 0.225 e. The second kappa shape index (κ2) is 5.56. The van der Waals surface area contributed by atoms with Crippen molar-refractivity contribution in [2.75, 3.05) is 33.2 Å². The highest BCUT2D eigenvalue weighted by Crippen LogP contribution is 2.30. The molecule has 0 unspecified atom stereocenters. The van der Waals surface area contributed by atoms with Crippen LogP contribution in [0, 0.1) is 12.8 Å². The normalized spacial score (nSPS) is 25.3. The largest absolute Gasteiger partial charge is 0.342 e. The minimum atomic E-state index is 0.243. The van der Waals surface area contributed by atoms with Gasteiger partial charge in [-0.15, -0.1) is 0 Å². The number of aryl methyl sites for hydroxylation is 1. The van der Waals surface area contributed by atoms with Gasteiger partial charge in [-0.1, -0.05) is 0 Å². The van der Waals surface area contributed by atoms with E-state index in [0.29, 0.717) is 11.8 Å². The third-order valence-corrected chi connectivity index (χ3v) is 4.84. The highest BCUT2D eigenvalue weighted by atomic mass is 16.2. The summed E-state index contributed by atoms with van der Waals surface area (Å²) < 4.78 is 0. The number of nitrogens with zero attached hydrogens (tertiary/aromatic N) is 3. The van der Waals surface area contributed by atoms with E-state index >= 15 is 0 Å². The van der Waals surface area contributed by atoms with E-state index in [2.05, 4.69) is 34.0 Å². The number of aromatic amines is 1. The predicted molar refractivity (Wildman–Crippen MR) is 77.5 cm³/mol. The fourth-order valence-electron chi connectivity index (χ4n) is 3.48. The Hall–Kier alpha value is -1.36. The molecule has 0 radical (unpaired) electrons. The molecule has 5 heteroatoms. The molecular weight excluding hydrogens is 252 g/mol. The van der Waals surface area contributed by atoms with Crippen molar-refractivity contribution in [3.8, 4) is 0 Å². The molecule has 0 bridgehead atoms. The Morgan fingerprint density at radius 2 is 2.05 bits per heavy atom. The Labute approximate surface area is 120 Å². The monoisotopic (exact) mass is 276 g/mol. The number of aromatic nitrogens is 2. The number of hydrogen-bond acceptors (Lipinski definition) is 3. The van der Waals surface area contributed by atoms with Crippen LogP contribution < -0.4 is 0 Å². The molecule has 2 aliphatic heterocycles. The molecule has 1 amide bonds. The number of hydrogen-bond donors (Lipinski definition) is 1. The molecule has 5 nitrogen and oxygen atoms in total. The van der Waals surface area contributed by atoms with Crippen LogP contribution in [0.4, 0.5) is 0 Å². The molecule has 20 heavy (non-hydrogen) atoms. The summed E-state index contributed by atoms with van der Waals surface area (Å²) in [5.41, 5.74) is 2.42. The average Bonchev–Trinajstić information content (AvgIpc) is 3.07. The van der Waals surface area contributed by atoms with Crippen LogP contribution in [0.1, 0.15) is 36.4 Å². The van der Waals surface area contributed by atoms with E-state index in [4.69, 9.17) is 0 Å². The molecule has 0 spiro atoms. The zero-order valence-corrected chi connectivity index (χ0v) is 12.4. The van der Waals surface area contributed by atoms with Gasteiger partial charge in [0.05, 0.1) is 6.20 Å². The minimum Gasteiger partial charge on any atom is -0.342 e. The van der Waals surface area contributed by atoms with Crippen LogP contribution in [0.5, 0.6) is 0 Å². The number of rotatable bonds is 2. The lowest BCUT2D eigenvalue weighted by molar-refractivity contribution is -0.135. The summed E-state index contributed by atoms with van der Waals surface area (Å²) in [6, 6.07) is 0. The maximum Gasteiger partial charge on any atom is 0.225 e. The average molecular weight is 276 g/mol. The van der Waals surface area contributed by atoms with Crippen molar-refractivity contribution >= 4 is 5.91 Å². The van der Waals surface area contributed by atoms with Gasteiger partial charge in [-0.2, -0.15) is 5.10 Å². The summed E-state index contributed by atoms with van der Waals surface area (Å²) in [5, 5.41) is 7.20. The van der Waals surface area contributed by atoms with Crippen molar-refractivity contribution in [3.05, 3.63) is 17.5 Å². The summed E-state index contributed by atoms with van der Waals surface area (Å²) in [5.74, 6) is 1.05. The quantitative estimate of drug-likeness (QED) is 0.888. The molecule has 0 saturated carbocycles. The van der Waals surface area contributed by atoms with Gasteiger partial charge in [-0.3, -0.25) is 9.89 Å². The topological polar surface area (TPSA) is 52.2 Å². The molecule has 0 aliphatic carbocycles. The fourth-order valence-corrected chi connectivity index (χ4v) is 3.48. The van der Waals surface area contributed by atoms with E-state index in [9.17, 15) is 4.79 Å². The first-order valence-electron chi connectivity index (χ1n) is 7.62. The summed E-state index contributed by atoms with van der Waals surface area (Å²) in [7, 11) is 2.13. The highest BCUT2D eigenvalue weighted by Gasteiger charge is 2.33. The van der Waals surface area contributed by atoms with Crippen molar-refractivity contribution in [1.82, 2.24) is 20.0 Å². The van der Waals surface area contributed by atoms with Crippen LogP contribution in [0.2, 0.25) is 0 Å². The van der Waals surface area contributed by atoms with Crippen molar-refractivity contribution in [2.24, 2.45) is 5.92 Å². The first-order valence-corrected chi connectivity index (χ1v) is 7.62. The predicted octanol–water partition coefficient (Wildman–Crippen LogP) is 1.38. The second-order valence-electron chi connectivity index (χ2n) is 6.31. The number of piperidine rings is 1. The van der Waals surface area contributed by atoms with Gasteiger partial charge in [0.1, 0.15) is 0 Å².